The van der Waals surface area contributed by atoms with Gasteiger partial charge in [-0.05, 0) is 82.8 Å². The number of aromatic amines is 1. The van der Waals surface area contributed by atoms with Crippen LogP contribution in [0.25, 0.3) is 0 Å². The number of H-pyrrole nitrogens is 1. The van der Waals surface area contributed by atoms with Crippen LogP contribution in [0.4, 0.5) is 27.7 Å². The molecule has 0 aliphatic carbocycles. The predicted molar refractivity (Wildman–Crippen MR) is 127 cm³/mol. The number of aromatic nitrogens is 4. The first-order valence-corrected chi connectivity index (χ1v) is 11.3. The van der Waals surface area contributed by atoms with E-state index in [4.69, 9.17) is 11.6 Å². The molecular weight excluding hydrogens is 429 g/mol. The Morgan fingerprint density at radius 3 is 2.56 bits per heavy atom. The average Bonchev–Trinajstić information content (AvgIpc) is 3.17. The van der Waals surface area contributed by atoms with E-state index in [0.717, 1.165) is 48.4 Å². The highest BCUT2D eigenvalue weighted by Gasteiger charge is 2.25. The van der Waals surface area contributed by atoms with Gasteiger partial charge in [0.05, 0.1) is 6.20 Å². The van der Waals surface area contributed by atoms with Crippen molar-refractivity contribution in [1.29, 1.82) is 0 Å². The maximum Gasteiger partial charge on any atom is 0.229 e. The number of rotatable bonds is 6. The summed E-state index contributed by atoms with van der Waals surface area (Å²) in [6.45, 7) is 10.2. The highest BCUT2D eigenvalue weighted by atomic mass is 35.5. The van der Waals surface area contributed by atoms with E-state index in [-0.39, 0.29) is 11.7 Å². The first-order chi connectivity index (χ1) is 15.3. The fraction of sp³-hybridized carbons (Fsp3) is 0.435. The third-order valence-corrected chi connectivity index (χ3v) is 6.26. The molecule has 1 saturated heterocycles. The van der Waals surface area contributed by atoms with Crippen molar-refractivity contribution in [2.75, 3.05) is 23.7 Å². The molecule has 1 aliphatic rings. The van der Waals surface area contributed by atoms with E-state index in [1.165, 1.54) is 6.20 Å². The van der Waals surface area contributed by atoms with Crippen LogP contribution in [0.5, 0.6) is 0 Å². The van der Waals surface area contributed by atoms with Gasteiger partial charge in [0.1, 0.15) is 10.8 Å². The lowest BCUT2D eigenvalue weighted by atomic mass is 9.87. The van der Waals surface area contributed by atoms with Crippen molar-refractivity contribution < 1.29 is 4.39 Å². The molecule has 0 atom stereocenters. The summed E-state index contributed by atoms with van der Waals surface area (Å²) in [5, 5.41) is 13.7. The molecule has 0 unspecified atom stereocenters. The molecule has 1 fully saturated rings. The van der Waals surface area contributed by atoms with Crippen LogP contribution >= 0.6 is 11.6 Å². The third kappa shape index (κ3) is 5.02. The number of likely N-dealkylation sites (tertiary alicyclic amines) is 1. The molecule has 3 N–H and O–H groups in total. The number of hydrogen-bond donors (Lipinski definition) is 3. The second kappa shape index (κ2) is 9.42. The van der Waals surface area contributed by atoms with Gasteiger partial charge in [-0.15, -0.1) is 0 Å². The molecule has 0 radical (unpaired) electrons. The van der Waals surface area contributed by atoms with E-state index < -0.39 is 0 Å². The number of nitrogens with one attached hydrogen (secondary N) is 3. The summed E-state index contributed by atoms with van der Waals surface area (Å²) in [5.74, 6) is 1.49. The monoisotopic (exact) mass is 457 g/mol. The molecule has 7 nitrogen and oxygen atoms in total. The number of hydrogen-bond acceptors (Lipinski definition) is 6. The van der Waals surface area contributed by atoms with E-state index in [2.05, 4.69) is 49.5 Å². The van der Waals surface area contributed by atoms with Gasteiger partial charge in [-0.25, -0.2) is 9.37 Å². The van der Waals surface area contributed by atoms with E-state index in [1.807, 2.05) is 26.0 Å². The predicted octanol–water partition coefficient (Wildman–Crippen LogP) is 5.68. The second-order valence-corrected chi connectivity index (χ2v) is 9.08. The van der Waals surface area contributed by atoms with Gasteiger partial charge in [0.2, 0.25) is 5.95 Å². The fourth-order valence-electron chi connectivity index (χ4n) is 4.10. The average molecular weight is 458 g/mol. The first-order valence-electron chi connectivity index (χ1n) is 10.9. The lowest BCUT2D eigenvalue weighted by molar-refractivity contribution is 0.171. The van der Waals surface area contributed by atoms with Gasteiger partial charge in [-0.3, -0.25) is 5.10 Å². The number of piperidine rings is 1. The van der Waals surface area contributed by atoms with Crippen molar-refractivity contribution in [3.05, 3.63) is 52.1 Å². The minimum absolute atomic E-state index is 0.149. The molecule has 2 aromatic heterocycles. The van der Waals surface area contributed by atoms with E-state index in [1.54, 1.807) is 6.07 Å². The lowest BCUT2D eigenvalue weighted by Gasteiger charge is -2.35. The van der Waals surface area contributed by atoms with Crippen molar-refractivity contribution >= 4 is 34.9 Å². The van der Waals surface area contributed by atoms with Crippen molar-refractivity contribution in [3.8, 4) is 0 Å². The highest BCUT2D eigenvalue weighted by molar-refractivity contribution is 6.32. The van der Waals surface area contributed by atoms with Gasteiger partial charge in [0.25, 0.3) is 0 Å². The van der Waals surface area contributed by atoms with E-state index >= 15 is 0 Å². The Balaban J connectivity index is 1.54. The normalized spacial score (nSPS) is 15.3. The lowest BCUT2D eigenvalue weighted by Crippen LogP contribution is -2.38. The van der Waals surface area contributed by atoms with Crippen LogP contribution in [0.15, 0.2) is 24.4 Å². The molecular formula is C23H29ClFN7. The Bertz CT molecular complexity index is 1090. The molecule has 0 spiro atoms. The zero-order valence-corrected chi connectivity index (χ0v) is 19.6. The number of anilines is 4. The van der Waals surface area contributed by atoms with Gasteiger partial charge in [-0.2, -0.15) is 10.1 Å². The Morgan fingerprint density at radius 1 is 1.16 bits per heavy atom. The van der Waals surface area contributed by atoms with E-state index in [9.17, 15) is 4.39 Å². The second-order valence-electron chi connectivity index (χ2n) is 8.67. The van der Waals surface area contributed by atoms with Crippen LogP contribution in [-0.4, -0.2) is 44.2 Å². The van der Waals surface area contributed by atoms with E-state index in [0.29, 0.717) is 28.6 Å². The maximum absolute atomic E-state index is 14.9. The largest absolute Gasteiger partial charge is 0.324 e. The van der Waals surface area contributed by atoms with Crippen LogP contribution < -0.4 is 10.6 Å². The SMILES string of the molecule is Cc1cc(Nc2nc(Nc3cc(C4CCN(C(C)C)CC4)c(F)cc3C)ncc2Cl)n[nH]1. The first kappa shape index (κ1) is 22.5. The topological polar surface area (TPSA) is 81.8 Å². The molecule has 3 heterocycles. The molecule has 1 aliphatic heterocycles. The van der Waals surface area contributed by atoms with Crippen LogP contribution in [0.2, 0.25) is 5.02 Å². The van der Waals surface area contributed by atoms with Gasteiger partial charge in [0, 0.05) is 23.5 Å². The van der Waals surface area contributed by atoms with Gasteiger partial charge >= 0.3 is 0 Å². The zero-order valence-electron chi connectivity index (χ0n) is 18.8. The summed E-state index contributed by atoms with van der Waals surface area (Å²) in [6, 6.07) is 5.87. The Hall–Kier alpha value is -2.71. The molecule has 4 rings (SSSR count). The van der Waals surface area contributed by atoms with Gasteiger partial charge in [0.15, 0.2) is 11.6 Å². The Labute approximate surface area is 192 Å². The van der Waals surface area contributed by atoms with Gasteiger partial charge in [-0.1, -0.05) is 11.6 Å². The quantitative estimate of drug-likeness (QED) is 0.441. The minimum Gasteiger partial charge on any atom is -0.324 e. The number of nitrogens with zero attached hydrogens (tertiary/aromatic N) is 4. The van der Waals surface area contributed by atoms with Gasteiger partial charge < -0.3 is 15.5 Å². The Kier molecular flexibility index (Phi) is 6.62. The Morgan fingerprint density at radius 2 is 1.91 bits per heavy atom. The minimum atomic E-state index is -0.149. The van der Waals surface area contributed by atoms with Crippen molar-refractivity contribution in [3.63, 3.8) is 0 Å². The highest BCUT2D eigenvalue weighted by Crippen LogP contribution is 2.34. The summed E-state index contributed by atoms with van der Waals surface area (Å²) in [4.78, 5) is 11.2. The maximum atomic E-state index is 14.9. The smallest absolute Gasteiger partial charge is 0.229 e. The third-order valence-electron chi connectivity index (χ3n) is 5.99. The molecule has 1 aromatic carbocycles. The van der Waals surface area contributed by atoms with Crippen molar-refractivity contribution in [2.24, 2.45) is 0 Å². The summed E-state index contributed by atoms with van der Waals surface area (Å²) >= 11 is 6.26. The molecule has 0 bridgehead atoms. The molecule has 32 heavy (non-hydrogen) atoms. The van der Waals surface area contributed by atoms with Crippen LogP contribution in [0.1, 0.15) is 49.4 Å². The summed E-state index contributed by atoms with van der Waals surface area (Å²) < 4.78 is 14.9. The molecule has 170 valence electrons. The molecule has 0 saturated carbocycles. The molecule has 3 aromatic rings. The van der Waals surface area contributed by atoms with Crippen molar-refractivity contribution in [1.82, 2.24) is 25.1 Å². The van der Waals surface area contributed by atoms with Crippen LogP contribution in [0.3, 0.4) is 0 Å². The van der Waals surface area contributed by atoms with Crippen LogP contribution in [-0.2, 0) is 0 Å². The summed E-state index contributed by atoms with van der Waals surface area (Å²) in [6.07, 6.45) is 3.43. The van der Waals surface area contributed by atoms with Crippen molar-refractivity contribution in [2.45, 2.75) is 52.5 Å². The van der Waals surface area contributed by atoms with Crippen LogP contribution in [0, 0.1) is 19.7 Å². The molecule has 9 heteroatoms. The molecule has 0 amide bonds. The summed E-state index contributed by atoms with van der Waals surface area (Å²) in [7, 11) is 0. The standard InChI is InChI=1S/C23H29ClFN7/c1-13(2)32-7-5-16(6-8-32)17-11-20(14(3)9-19(17)25)27-23-26-12-18(24)22(29-23)28-21-10-15(4)30-31-21/h9-13,16H,5-8H2,1-4H3,(H3,26,27,28,29,30,31). The number of benzene rings is 1. The zero-order chi connectivity index (χ0) is 22.8. The number of aryl methyl sites for hydroxylation is 2. The number of halogens is 2. The summed E-state index contributed by atoms with van der Waals surface area (Å²) in [5.41, 5.74) is 3.25. The fourth-order valence-corrected chi connectivity index (χ4v) is 4.24.